The van der Waals surface area contributed by atoms with Gasteiger partial charge < -0.3 is 16.0 Å². The van der Waals surface area contributed by atoms with Gasteiger partial charge in [0, 0.05) is 11.0 Å². The minimum atomic E-state index is -0.907. The first-order valence-electron chi connectivity index (χ1n) is 5.75. The van der Waals surface area contributed by atoms with Crippen molar-refractivity contribution in [1.29, 1.82) is 0 Å². The van der Waals surface area contributed by atoms with Gasteiger partial charge in [-0.15, -0.1) is 0 Å². The lowest BCUT2D eigenvalue weighted by atomic mass is 10.3. The second kappa shape index (κ2) is 7.86. The number of carbonyl (C=O) groups is 3. The van der Waals surface area contributed by atoms with Crippen molar-refractivity contribution >= 4 is 50.9 Å². The SMILES string of the molecule is CCNC(=O)CNC(=O)C(=O)Nc1ccc(Br)cc1Cl. The van der Waals surface area contributed by atoms with Gasteiger partial charge in [-0.1, -0.05) is 27.5 Å². The molecule has 1 aromatic rings. The molecule has 0 atom stereocenters. The van der Waals surface area contributed by atoms with E-state index in [0.29, 0.717) is 17.3 Å². The third kappa shape index (κ3) is 5.18. The van der Waals surface area contributed by atoms with E-state index in [1.54, 1.807) is 25.1 Å². The number of hydrogen-bond acceptors (Lipinski definition) is 3. The van der Waals surface area contributed by atoms with Crippen LogP contribution in [-0.4, -0.2) is 30.8 Å². The van der Waals surface area contributed by atoms with Gasteiger partial charge in [-0.2, -0.15) is 0 Å². The number of rotatable bonds is 4. The molecule has 8 heteroatoms. The maximum Gasteiger partial charge on any atom is 0.313 e. The second-order valence-corrected chi connectivity index (χ2v) is 5.04. The lowest BCUT2D eigenvalue weighted by Crippen LogP contribution is -2.41. The number of hydrogen-bond donors (Lipinski definition) is 3. The molecule has 0 heterocycles. The molecule has 0 aliphatic heterocycles. The van der Waals surface area contributed by atoms with Crippen molar-refractivity contribution in [1.82, 2.24) is 10.6 Å². The molecule has 0 spiro atoms. The van der Waals surface area contributed by atoms with Crippen LogP contribution < -0.4 is 16.0 Å². The van der Waals surface area contributed by atoms with Crippen molar-refractivity contribution < 1.29 is 14.4 Å². The molecule has 0 unspecified atom stereocenters. The summed E-state index contributed by atoms with van der Waals surface area (Å²) in [6.45, 7) is 1.95. The van der Waals surface area contributed by atoms with Crippen LogP contribution in [0.25, 0.3) is 0 Å². The van der Waals surface area contributed by atoms with Crippen LogP contribution in [0, 0.1) is 0 Å². The standard InChI is InChI=1S/C12H13BrClN3O3/c1-2-15-10(18)6-16-11(19)12(20)17-9-4-3-7(13)5-8(9)14/h3-5H,2,6H2,1H3,(H,15,18)(H,16,19)(H,17,20). The minimum Gasteiger partial charge on any atom is -0.355 e. The summed E-state index contributed by atoms with van der Waals surface area (Å²) in [5.41, 5.74) is 0.313. The average molecular weight is 363 g/mol. The van der Waals surface area contributed by atoms with E-state index in [1.807, 2.05) is 0 Å². The Morgan fingerprint density at radius 3 is 2.50 bits per heavy atom. The van der Waals surface area contributed by atoms with Crippen LogP contribution in [0.3, 0.4) is 0 Å². The first kappa shape index (κ1) is 16.5. The largest absolute Gasteiger partial charge is 0.355 e. The van der Waals surface area contributed by atoms with E-state index >= 15 is 0 Å². The van der Waals surface area contributed by atoms with Crippen LogP contribution in [-0.2, 0) is 14.4 Å². The van der Waals surface area contributed by atoms with Crippen LogP contribution in [0.4, 0.5) is 5.69 Å². The highest BCUT2D eigenvalue weighted by molar-refractivity contribution is 9.10. The van der Waals surface area contributed by atoms with E-state index in [-0.39, 0.29) is 12.5 Å². The lowest BCUT2D eigenvalue weighted by molar-refractivity contribution is -0.136. The number of anilines is 1. The molecule has 20 heavy (non-hydrogen) atoms. The number of halogens is 2. The first-order chi connectivity index (χ1) is 9.43. The molecule has 0 aromatic heterocycles. The monoisotopic (exact) mass is 361 g/mol. The van der Waals surface area contributed by atoms with Gasteiger partial charge in [0.05, 0.1) is 17.3 Å². The van der Waals surface area contributed by atoms with Crippen molar-refractivity contribution in [2.24, 2.45) is 0 Å². The minimum absolute atomic E-state index is 0.256. The summed E-state index contributed by atoms with van der Waals surface area (Å²) in [5.74, 6) is -2.16. The van der Waals surface area contributed by atoms with Crippen molar-refractivity contribution in [2.45, 2.75) is 6.92 Å². The summed E-state index contributed by atoms with van der Waals surface area (Å²) < 4.78 is 0.751. The molecule has 0 saturated heterocycles. The highest BCUT2D eigenvalue weighted by Crippen LogP contribution is 2.25. The summed E-state index contributed by atoms with van der Waals surface area (Å²) >= 11 is 9.13. The third-order valence-electron chi connectivity index (χ3n) is 2.17. The Hall–Kier alpha value is -1.60. The average Bonchev–Trinajstić information content (AvgIpc) is 2.39. The summed E-state index contributed by atoms with van der Waals surface area (Å²) in [4.78, 5) is 34.2. The Bertz CT molecular complexity index is 537. The van der Waals surface area contributed by atoms with Crippen molar-refractivity contribution in [2.75, 3.05) is 18.4 Å². The van der Waals surface area contributed by atoms with Gasteiger partial charge in [0.15, 0.2) is 0 Å². The molecule has 0 bridgehead atoms. The fraction of sp³-hybridized carbons (Fsp3) is 0.250. The summed E-state index contributed by atoms with van der Waals surface area (Å²) in [6, 6.07) is 4.82. The predicted octanol–water partition coefficient (Wildman–Crippen LogP) is 1.29. The van der Waals surface area contributed by atoms with Crippen LogP contribution in [0.2, 0.25) is 5.02 Å². The molecule has 1 rings (SSSR count). The molecular formula is C12H13BrClN3O3. The van der Waals surface area contributed by atoms with E-state index in [4.69, 9.17) is 11.6 Å². The summed E-state index contributed by atoms with van der Waals surface area (Å²) in [5, 5.41) is 7.35. The molecule has 108 valence electrons. The zero-order chi connectivity index (χ0) is 15.1. The smallest absolute Gasteiger partial charge is 0.313 e. The second-order valence-electron chi connectivity index (χ2n) is 3.71. The van der Waals surface area contributed by atoms with Crippen LogP contribution in [0.1, 0.15) is 6.92 Å². The maximum atomic E-state index is 11.6. The molecule has 1 aromatic carbocycles. The highest BCUT2D eigenvalue weighted by atomic mass is 79.9. The molecule has 0 saturated carbocycles. The van der Waals surface area contributed by atoms with Gasteiger partial charge in [-0.3, -0.25) is 14.4 Å². The van der Waals surface area contributed by atoms with Gasteiger partial charge in [0.2, 0.25) is 5.91 Å². The Balaban J connectivity index is 2.53. The zero-order valence-corrected chi connectivity index (χ0v) is 13.0. The van der Waals surface area contributed by atoms with E-state index in [1.165, 1.54) is 0 Å². The Morgan fingerprint density at radius 1 is 1.20 bits per heavy atom. The van der Waals surface area contributed by atoms with Gasteiger partial charge in [-0.25, -0.2) is 0 Å². The van der Waals surface area contributed by atoms with Crippen LogP contribution in [0.5, 0.6) is 0 Å². The summed E-state index contributed by atoms with van der Waals surface area (Å²) in [7, 11) is 0. The maximum absolute atomic E-state index is 11.6. The fourth-order valence-corrected chi connectivity index (χ4v) is 1.99. The summed E-state index contributed by atoms with van der Waals surface area (Å²) in [6.07, 6.45) is 0. The molecule has 3 N–H and O–H groups in total. The third-order valence-corrected chi connectivity index (χ3v) is 2.97. The normalized spacial score (nSPS) is 9.75. The van der Waals surface area contributed by atoms with E-state index in [2.05, 4.69) is 31.9 Å². The molecule has 6 nitrogen and oxygen atoms in total. The van der Waals surface area contributed by atoms with Gasteiger partial charge >= 0.3 is 11.8 Å². The zero-order valence-electron chi connectivity index (χ0n) is 10.6. The van der Waals surface area contributed by atoms with Crippen LogP contribution >= 0.6 is 27.5 Å². The fourth-order valence-electron chi connectivity index (χ4n) is 1.27. The first-order valence-corrected chi connectivity index (χ1v) is 6.92. The number of amides is 3. The molecule has 0 fully saturated rings. The molecule has 0 aliphatic rings. The Kier molecular flexibility index (Phi) is 6.47. The van der Waals surface area contributed by atoms with E-state index < -0.39 is 11.8 Å². The van der Waals surface area contributed by atoms with Crippen molar-refractivity contribution in [3.05, 3.63) is 27.7 Å². The highest BCUT2D eigenvalue weighted by Gasteiger charge is 2.15. The topological polar surface area (TPSA) is 87.3 Å². The molecule has 0 radical (unpaired) electrons. The number of carbonyl (C=O) groups excluding carboxylic acids is 3. The van der Waals surface area contributed by atoms with Crippen molar-refractivity contribution in [3.8, 4) is 0 Å². The number of likely N-dealkylation sites (N-methyl/N-ethyl adjacent to an activating group) is 1. The van der Waals surface area contributed by atoms with E-state index in [0.717, 1.165) is 4.47 Å². The molecular weight excluding hydrogens is 350 g/mol. The van der Waals surface area contributed by atoms with Gasteiger partial charge in [0.25, 0.3) is 0 Å². The molecule has 3 amide bonds. The Morgan fingerprint density at radius 2 is 1.90 bits per heavy atom. The van der Waals surface area contributed by atoms with Gasteiger partial charge in [-0.05, 0) is 25.1 Å². The quantitative estimate of drug-likeness (QED) is 0.705. The van der Waals surface area contributed by atoms with Crippen molar-refractivity contribution in [3.63, 3.8) is 0 Å². The number of benzene rings is 1. The lowest BCUT2D eigenvalue weighted by Gasteiger charge is -2.08. The number of nitrogens with one attached hydrogen (secondary N) is 3. The molecule has 0 aliphatic carbocycles. The van der Waals surface area contributed by atoms with Gasteiger partial charge in [0.1, 0.15) is 0 Å². The Labute approximate surface area is 129 Å². The van der Waals surface area contributed by atoms with Crippen LogP contribution in [0.15, 0.2) is 22.7 Å². The predicted molar refractivity (Wildman–Crippen MR) is 79.5 cm³/mol. The van der Waals surface area contributed by atoms with E-state index in [9.17, 15) is 14.4 Å².